The molecule has 0 aliphatic rings. The molecular formula is C32H30OS. The van der Waals surface area contributed by atoms with Crippen LogP contribution in [0.4, 0.5) is 0 Å². The quantitative estimate of drug-likeness (QED) is 0.131. The van der Waals surface area contributed by atoms with E-state index in [9.17, 15) is 4.79 Å². The molecule has 0 unspecified atom stereocenters. The third-order valence-corrected chi connectivity index (χ3v) is 8.87. The van der Waals surface area contributed by atoms with Gasteiger partial charge in [0.05, 0.1) is 0 Å². The summed E-state index contributed by atoms with van der Waals surface area (Å²) in [5, 5.41) is 9.13. The van der Waals surface area contributed by atoms with Crippen LogP contribution in [-0.4, -0.2) is 0 Å². The van der Waals surface area contributed by atoms with E-state index in [1.807, 2.05) is 23.5 Å². The standard InChI is InChI=1S/C32H30OS/c1-3-4-5-6-7-8-13-21-20(2)28-23-15-9-10-16-25(23)31(33)26-19-18-24-22-14-11-12-17-27(22)34-32(21)30(24)29(26)28/h9-12,14-19H,3-8,13H2,1-2H3. The highest BCUT2D eigenvalue weighted by Crippen LogP contribution is 2.45. The molecule has 0 radical (unpaired) electrons. The third-order valence-electron chi connectivity index (χ3n) is 7.64. The van der Waals surface area contributed by atoms with Crippen LogP contribution >= 0.6 is 11.3 Å². The molecule has 1 heterocycles. The Balaban J connectivity index is 1.70. The fraction of sp³-hybridized carbons (Fsp3) is 0.281. The third kappa shape index (κ3) is 3.23. The molecular weight excluding hydrogens is 432 g/mol. The van der Waals surface area contributed by atoms with Crippen molar-refractivity contribution in [3.8, 4) is 0 Å². The highest BCUT2D eigenvalue weighted by Gasteiger charge is 2.21. The van der Waals surface area contributed by atoms with E-state index in [0.717, 1.165) is 22.6 Å². The molecule has 170 valence electrons. The van der Waals surface area contributed by atoms with E-state index in [0.29, 0.717) is 0 Å². The summed E-state index contributed by atoms with van der Waals surface area (Å²) in [5.74, 6) is 0. The molecule has 1 aromatic heterocycles. The molecule has 6 rings (SSSR count). The van der Waals surface area contributed by atoms with Gasteiger partial charge in [0.1, 0.15) is 0 Å². The molecule has 1 nitrogen and oxygen atoms in total. The van der Waals surface area contributed by atoms with Crippen LogP contribution in [0.2, 0.25) is 0 Å². The van der Waals surface area contributed by atoms with Crippen LogP contribution < -0.4 is 5.43 Å². The van der Waals surface area contributed by atoms with Crippen molar-refractivity contribution in [2.45, 2.75) is 58.8 Å². The summed E-state index contributed by atoms with van der Waals surface area (Å²) in [7, 11) is 0. The lowest BCUT2D eigenvalue weighted by molar-refractivity contribution is 0.608. The van der Waals surface area contributed by atoms with Gasteiger partial charge in [-0.05, 0) is 64.6 Å². The maximum Gasteiger partial charge on any atom is 0.194 e. The second-order valence-corrected chi connectivity index (χ2v) is 10.8. The molecule has 6 aromatic rings. The Morgan fingerprint density at radius 2 is 1.29 bits per heavy atom. The van der Waals surface area contributed by atoms with Crippen LogP contribution in [0.5, 0.6) is 0 Å². The Kier molecular flexibility index (Phi) is 5.50. The minimum Gasteiger partial charge on any atom is -0.289 e. The fourth-order valence-electron chi connectivity index (χ4n) is 5.94. The van der Waals surface area contributed by atoms with E-state index in [1.165, 1.54) is 86.0 Å². The van der Waals surface area contributed by atoms with Gasteiger partial charge < -0.3 is 0 Å². The van der Waals surface area contributed by atoms with Crippen molar-refractivity contribution in [3.05, 3.63) is 82.0 Å². The molecule has 0 amide bonds. The highest BCUT2D eigenvalue weighted by molar-refractivity contribution is 7.25. The van der Waals surface area contributed by atoms with Crippen molar-refractivity contribution in [2.75, 3.05) is 0 Å². The number of hydrogen-bond donors (Lipinski definition) is 0. The average Bonchev–Trinajstić information content (AvgIpc) is 2.87. The number of hydrogen-bond acceptors (Lipinski definition) is 2. The molecule has 0 saturated heterocycles. The van der Waals surface area contributed by atoms with Gasteiger partial charge in [-0.1, -0.05) is 87.6 Å². The van der Waals surface area contributed by atoms with Gasteiger partial charge in [0, 0.05) is 30.9 Å². The molecule has 0 saturated carbocycles. The van der Waals surface area contributed by atoms with Crippen LogP contribution in [0.3, 0.4) is 0 Å². The number of benzene rings is 5. The van der Waals surface area contributed by atoms with E-state index in [2.05, 4.69) is 62.4 Å². The van der Waals surface area contributed by atoms with E-state index >= 15 is 0 Å². The zero-order chi connectivity index (χ0) is 23.2. The van der Waals surface area contributed by atoms with Gasteiger partial charge >= 0.3 is 0 Å². The summed E-state index contributed by atoms with van der Waals surface area (Å²) in [5.41, 5.74) is 3.01. The Bertz CT molecular complexity index is 1720. The summed E-state index contributed by atoms with van der Waals surface area (Å²) >= 11 is 1.91. The van der Waals surface area contributed by atoms with Crippen LogP contribution in [0, 0.1) is 6.92 Å². The minimum atomic E-state index is 0.160. The molecule has 0 atom stereocenters. The summed E-state index contributed by atoms with van der Waals surface area (Å²) in [6.45, 7) is 4.57. The number of fused-ring (bicyclic) bond motifs is 4. The molecule has 0 spiro atoms. The van der Waals surface area contributed by atoms with E-state index < -0.39 is 0 Å². The monoisotopic (exact) mass is 462 g/mol. The van der Waals surface area contributed by atoms with Crippen LogP contribution in [0.15, 0.2) is 65.5 Å². The van der Waals surface area contributed by atoms with E-state index in [-0.39, 0.29) is 5.43 Å². The Labute approximate surface area is 204 Å². The topological polar surface area (TPSA) is 17.1 Å². The van der Waals surface area contributed by atoms with Gasteiger partial charge in [0.2, 0.25) is 0 Å². The van der Waals surface area contributed by atoms with Crippen molar-refractivity contribution < 1.29 is 0 Å². The van der Waals surface area contributed by atoms with Crippen LogP contribution in [0.1, 0.15) is 56.6 Å². The zero-order valence-corrected chi connectivity index (χ0v) is 20.9. The lowest BCUT2D eigenvalue weighted by Crippen LogP contribution is -2.06. The normalized spacial score (nSPS) is 12.2. The van der Waals surface area contributed by atoms with Crippen molar-refractivity contribution in [2.24, 2.45) is 0 Å². The first-order chi connectivity index (χ1) is 16.7. The lowest BCUT2D eigenvalue weighted by Gasteiger charge is -2.20. The summed E-state index contributed by atoms with van der Waals surface area (Å²) in [6.07, 6.45) is 8.91. The van der Waals surface area contributed by atoms with E-state index in [4.69, 9.17) is 0 Å². The van der Waals surface area contributed by atoms with Crippen molar-refractivity contribution in [3.63, 3.8) is 0 Å². The molecule has 0 fully saturated rings. The largest absolute Gasteiger partial charge is 0.289 e. The predicted molar refractivity (Wildman–Crippen MR) is 151 cm³/mol. The maximum atomic E-state index is 13.6. The SMILES string of the molecule is CCCCCCCCc1c(C)c2c3ccccc3c(=O)c3ccc4c5ccccc5sc1c4c32. The zero-order valence-electron chi connectivity index (χ0n) is 20.0. The molecule has 0 bridgehead atoms. The Hall–Kier alpha value is -2.97. The second-order valence-electron chi connectivity index (χ2n) is 9.71. The van der Waals surface area contributed by atoms with Gasteiger partial charge in [-0.2, -0.15) is 0 Å². The average molecular weight is 463 g/mol. The summed E-state index contributed by atoms with van der Waals surface area (Å²) in [6, 6.07) is 21.2. The number of aryl methyl sites for hydroxylation is 2. The number of rotatable bonds is 7. The minimum absolute atomic E-state index is 0.160. The van der Waals surface area contributed by atoms with Crippen molar-refractivity contribution in [1.82, 2.24) is 0 Å². The van der Waals surface area contributed by atoms with Crippen molar-refractivity contribution in [1.29, 1.82) is 0 Å². The molecule has 2 heteroatoms. The van der Waals surface area contributed by atoms with Gasteiger partial charge in [0.15, 0.2) is 5.43 Å². The van der Waals surface area contributed by atoms with Gasteiger partial charge in [-0.3, -0.25) is 4.79 Å². The fourth-order valence-corrected chi connectivity index (χ4v) is 7.28. The van der Waals surface area contributed by atoms with Gasteiger partial charge in [0.25, 0.3) is 0 Å². The lowest BCUT2D eigenvalue weighted by atomic mass is 9.86. The van der Waals surface area contributed by atoms with Gasteiger partial charge in [-0.15, -0.1) is 11.3 Å². The number of unbranched alkanes of at least 4 members (excludes halogenated alkanes) is 5. The Morgan fingerprint density at radius 1 is 0.647 bits per heavy atom. The predicted octanol–water partition coefficient (Wildman–Crippen LogP) is 9.52. The summed E-state index contributed by atoms with van der Waals surface area (Å²) in [4.78, 5) is 13.6. The van der Waals surface area contributed by atoms with Crippen LogP contribution in [-0.2, 0) is 6.42 Å². The second kappa shape index (κ2) is 8.67. The van der Waals surface area contributed by atoms with Gasteiger partial charge in [-0.25, -0.2) is 0 Å². The molecule has 34 heavy (non-hydrogen) atoms. The highest BCUT2D eigenvalue weighted by atomic mass is 32.1. The smallest absolute Gasteiger partial charge is 0.194 e. The first-order valence-electron chi connectivity index (χ1n) is 12.7. The first-order valence-corrected chi connectivity index (χ1v) is 13.6. The molecule has 0 aliphatic heterocycles. The Morgan fingerprint density at radius 3 is 2.12 bits per heavy atom. The first kappa shape index (κ1) is 21.6. The maximum absolute atomic E-state index is 13.6. The molecule has 0 N–H and O–H groups in total. The van der Waals surface area contributed by atoms with Crippen LogP contribution in [0.25, 0.3) is 52.5 Å². The molecule has 0 aliphatic carbocycles. The van der Waals surface area contributed by atoms with E-state index in [1.54, 1.807) is 0 Å². The summed E-state index contributed by atoms with van der Waals surface area (Å²) < 4.78 is 2.71. The molecule has 5 aromatic carbocycles. The van der Waals surface area contributed by atoms with Crippen molar-refractivity contribution >= 4 is 63.8 Å².